The lowest BCUT2D eigenvalue weighted by atomic mass is 10.0. The lowest BCUT2D eigenvalue weighted by molar-refractivity contribution is -0.132. The number of phenolic OH excluding ortho intramolecular Hbond substituents is 1. The highest BCUT2D eigenvalue weighted by molar-refractivity contribution is 5.82. The van der Waals surface area contributed by atoms with Crippen molar-refractivity contribution in [1.82, 2.24) is 4.90 Å². The Balaban J connectivity index is 1.60. The van der Waals surface area contributed by atoms with Gasteiger partial charge >= 0.3 is 0 Å². The molecule has 2 aliphatic rings. The highest BCUT2D eigenvalue weighted by atomic mass is 16.3. The molecule has 19 heavy (non-hydrogen) atoms. The lowest BCUT2D eigenvalue weighted by Crippen LogP contribution is -2.28. The summed E-state index contributed by atoms with van der Waals surface area (Å²) >= 11 is 0. The van der Waals surface area contributed by atoms with Crippen LogP contribution in [0.15, 0.2) is 24.3 Å². The SMILES string of the molecule is CN(Cc1ccc(O)cc1)C(=O)C1C2CCCCC21. The third-order valence-corrected chi connectivity index (χ3v) is 4.67. The van der Waals surface area contributed by atoms with Crippen molar-refractivity contribution in [2.45, 2.75) is 32.2 Å². The predicted octanol–water partition coefficient (Wildman–Crippen LogP) is 2.79. The fourth-order valence-corrected chi connectivity index (χ4v) is 3.57. The molecule has 0 aliphatic heterocycles. The standard InChI is InChI=1S/C16H21NO2/c1-17(10-11-6-8-12(18)9-7-11)16(19)15-13-4-2-3-5-14(13)15/h6-9,13-15,18H,2-5,10H2,1H3. The van der Waals surface area contributed by atoms with Crippen LogP contribution in [0.25, 0.3) is 0 Å². The van der Waals surface area contributed by atoms with E-state index in [9.17, 15) is 9.90 Å². The van der Waals surface area contributed by atoms with Crippen LogP contribution >= 0.6 is 0 Å². The van der Waals surface area contributed by atoms with Crippen molar-refractivity contribution in [3.63, 3.8) is 0 Å². The van der Waals surface area contributed by atoms with Crippen LogP contribution in [0, 0.1) is 17.8 Å². The molecule has 0 saturated heterocycles. The molecule has 2 unspecified atom stereocenters. The Hall–Kier alpha value is -1.51. The third-order valence-electron chi connectivity index (χ3n) is 4.67. The van der Waals surface area contributed by atoms with Gasteiger partial charge in [-0.1, -0.05) is 25.0 Å². The molecule has 2 fully saturated rings. The molecule has 3 rings (SSSR count). The lowest BCUT2D eigenvalue weighted by Gasteiger charge is -2.17. The third kappa shape index (κ3) is 2.46. The largest absolute Gasteiger partial charge is 0.508 e. The van der Waals surface area contributed by atoms with Gasteiger partial charge < -0.3 is 10.0 Å². The minimum absolute atomic E-state index is 0.269. The Bertz CT molecular complexity index is 456. The molecule has 1 aromatic carbocycles. The van der Waals surface area contributed by atoms with Crippen LogP contribution in [-0.2, 0) is 11.3 Å². The maximum Gasteiger partial charge on any atom is 0.226 e. The first-order valence-corrected chi connectivity index (χ1v) is 7.19. The van der Waals surface area contributed by atoms with Crippen molar-refractivity contribution >= 4 is 5.91 Å². The van der Waals surface area contributed by atoms with Crippen molar-refractivity contribution in [1.29, 1.82) is 0 Å². The van der Waals surface area contributed by atoms with Crippen molar-refractivity contribution in [2.24, 2.45) is 17.8 Å². The highest BCUT2D eigenvalue weighted by Gasteiger charge is 2.55. The van der Waals surface area contributed by atoms with Crippen LogP contribution in [0.4, 0.5) is 0 Å². The van der Waals surface area contributed by atoms with Crippen molar-refractivity contribution in [3.8, 4) is 5.75 Å². The number of carbonyl (C=O) groups is 1. The molecule has 0 heterocycles. The van der Waals surface area contributed by atoms with Gasteiger partial charge in [0.05, 0.1) is 0 Å². The zero-order valence-electron chi connectivity index (χ0n) is 11.4. The summed E-state index contributed by atoms with van der Waals surface area (Å²) in [4.78, 5) is 14.3. The summed E-state index contributed by atoms with van der Waals surface area (Å²) in [6, 6.07) is 7.09. The van der Waals surface area contributed by atoms with E-state index in [0.717, 1.165) is 5.56 Å². The zero-order chi connectivity index (χ0) is 13.4. The molecule has 1 amide bonds. The first-order chi connectivity index (χ1) is 9.16. The van der Waals surface area contributed by atoms with E-state index in [1.54, 1.807) is 12.1 Å². The number of benzene rings is 1. The van der Waals surface area contributed by atoms with Crippen molar-refractivity contribution in [3.05, 3.63) is 29.8 Å². The number of aromatic hydroxyl groups is 1. The van der Waals surface area contributed by atoms with Crippen LogP contribution in [0.5, 0.6) is 5.75 Å². The van der Waals surface area contributed by atoms with Crippen LogP contribution < -0.4 is 0 Å². The second kappa shape index (κ2) is 4.87. The smallest absolute Gasteiger partial charge is 0.226 e. The van der Waals surface area contributed by atoms with Crippen molar-refractivity contribution in [2.75, 3.05) is 7.05 Å². The monoisotopic (exact) mass is 259 g/mol. The van der Waals surface area contributed by atoms with Gasteiger partial charge in [-0.15, -0.1) is 0 Å². The minimum atomic E-state index is 0.269. The van der Waals surface area contributed by atoms with Crippen molar-refractivity contribution < 1.29 is 9.90 Å². The minimum Gasteiger partial charge on any atom is -0.508 e. The predicted molar refractivity (Wildman–Crippen MR) is 73.5 cm³/mol. The zero-order valence-corrected chi connectivity index (χ0v) is 11.4. The average molecular weight is 259 g/mol. The molecule has 102 valence electrons. The number of hydrogen-bond donors (Lipinski definition) is 1. The molecule has 0 radical (unpaired) electrons. The maximum atomic E-state index is 12.4. The van der Waals surface area contributed by atoms with E-state index < -0.39 is 0 Å². The molecule has 0 spiro atoms. The van der Waals surface area contributed by atoms with Crippen LogP contribution in [0.1, 0.15) is 31.2 Å². The van der Waals surface area contributed by atoms with Gasteiger partial charge in [0.1, 0.15) is 5.75 Å². The molecular formula is C16H21NO2. The number of nitrogens with zero attached hydrogens (tertiary/aromatic N) is 1. The number of amides is 1. The number of rotatable bonds is 3. The number of carbonyl (C=O) groups excluding carboxylic acids is 1. The van der Waals surface area contributed by atoms with Crippen LogP contribution in [0.3, 0.4) is 0 Å². The average Bonchev–Trinajstić information content (AvgIpc) is 3.14. The maximum absolute atomic E-state index is 12.4. The fourth-order valence-electron chi connectivity index (χ4n) is 3.57. The Labute approximate surface area is 114 Å². The quantitative estimate of drug-likeness (QED) is 0.906. The van der Waals surface area contributed by atoms with E-state index in [-0.39, 0.29) is 5.75 Å². The molecule has 3 heteroatoms. The Morgan fingerprint density at radius 2 is 1.79 bits per heavy atom. The number of phenols is 1. The molecule has 0 aromatic heterocycles. The summed E-state index contributed by atoms with van der Waals surface area (Å²) in [5, 5.41) is 9.26. The van der Waals surface area contributed by atoms with Gasteiger partial charge in [-0.3, -0.25) is 4.79 Å². The van der Waals surface area contributed by atoms with Gasteiger partial charge in [0.25, 0.3) is 0 Å². The Morgan fingerprint density at radius 3 is 2.37 bits per heavy atom. The fraction of sp³-hybridized carbons (Fsp3) is 0.562. The summed E-state index contributed by atoms with van der Waals surface area (Å²) in [6.45, 7) is 0.634. The normalized spacial score (nSPS) is 28.6. The Kier molecular flexibility index (Phi) is 3.21. The Morgan fingerprint density at radius 1 is 1.21 bits per heavy atom. The summed E-state index contributed by atoms with van der Waals surface area (Å²) < 4.78 is 0. The van der Waals surface area contributed by atoms with Crippen LogP contribution in [-0.4, -0.2) is 23.0 Å². The van der Waals surface area contributed by atoms with E-state index in [0.29, 0.717) is 30.2 Å². The van der Waals surface area contributed by atoms with Crippen LogP contribution in [0.2, 0.25) is 0 Å². The van der Waals surface area contributed by atoms with E-state index in [4.69, 9.17) is 0 Å². The van der Waals surface area contributed by atoms with Gasteiger partial charge in [0.15, 0.2) is 0 Å². The molecule has 2 aliphatic carbocycles. The van der Waals surface area contributed by atoms with Gasteiger partial charge in [0.2, 0.25) is 5.91 Å². The molecule has 3 nitrogen and oxygen atoms in total. The van der Waals surface area contributed by atoms with Gasteiger partial charge in [-0.05, 0) is 42.4 Å². The van der Waals surface area contributed by atoms with E-state index in [2.05, 4.69) is 0 Å². The summed E-state index contributed by atoms with van der Waals surface area (Å²) in [6.07, 6.45) is 5.08. The van der Waals surface area contributed by atoms with Gasteiger partial charge in [-0.2, -0.15) is 0 Å². The molecule has 1 aromatic rings. The molecule has 2 atom stereocenters. The van der Waals surface area contributed by atoms with E-state index in [1.807, 2.05) is 24.1 Å². The van der Waals surface area contributed by atoms with E-state index in [1.165, 1.54) is 25.7 Å². The van der Waals surface area contributed by atoms with Gasteiger partial charge in [-0.25, -0.2) is 0 Å². The summed E-state index contributed by atoms with van der Waals surface area (Å²) in [5.74, 6) is 2.22. The molecule has 1 N–H and O–H groups in total. The topological polar surface area (TPSA) is 40.5 Å². The highest BCUT2D eigenvalue weighted by Crippen LogP contribution is 2.56. The number of fused-ring (bicyclic) bond motifs is 1. The van der Waals surface area contributed by atoms with E-state index >= 15 is 0 Å². The second-order valence-electron chi connectivity index (χ2n) is 6.00. The first kappa shape index (κ1) is 12.5. The molecular weight excluding hydrogens is 238 g/mol. The first-order valence-electron chi connectivity index (χ1n) is 7.19. The molecule has 0 bridgehead atoms. The second-order valence-corrected chi connectivity index (χ2v) is 6.00. The summed E-state index contributed by atoms with van der Waals surface area (Å²) in [5.41, 5.74) is 1.07. The number of hydrogen-bond acceptors (Lipinski definition) is 2. The van der Waals surface area contributed by atoms with Gasteiger partial charge in [0, 0.05) is 19.5 Å². The summed E-state index contributed by atoms with van der Waals surface area (Å²) in [7, 11) is 1.89. The molecule has 2 saturated carbocycles.